The predicted molar refractivity (Wildman–Crippen MR) is 327 cm³/mol. The number of benzene rings is 8. The molecule has 3 aliphatic carbocycles. The Balaban J connectivity index is 1.21. The fourth-order valence-electron chi connectivity index (χ4n) is 16.1. The highest BCUT2D eigenvalue weighted by Crippen LogP contribution is 2.57. The lowest BCUT2D eigenvalue weighted by Gasteiger charge is -2.47. The van der Waals surface area contributed by atoms with Crippen LogP contribution in [-0.4, -0.2) is 6.71 Å². The number of hydrogen-bond donors (Lipinski definition) is 0. The molecule has 5 aliphatic rings. The van der Waals surface area contributed by atoms with E-state index in [1.54, 1.807) is 0 Å². The van der Waals surface area contributed by atoms with Gasteiger partial charge in [0.1, 0.15) is 0 Å². The molecule has 0 spiro atoms. The van der Waals surface area contributed by atoms with Gasteiger partial charge in [-0.25, -0.2) is 0 Å². The number of rotatable bonds is 6. The van der Waals surface area contributed by atoms with Crippen LogP contribution < -0.4 is 31.1 Å². The molecule has 0 saturated heterocycles. The van der Waals surface area contributed by atoms with Crippen LogP contribution in [0.15, 0.2) is 158 Å². The predicted octanol–water partition coefficient (Wildman–Crippen LogP) is 17.8. The number of para-hydroxylation sites is 2. The third-order valence-electron chi connectivity index (χ3n) is 19.3. The summed E-state index contributed by atoms with van der Waals surface area (Å²) in [5.74, 6) is 0. The molecule has 13 rings (SSSR count). The molecule has 0 N–H and O–H groups in total. The second-order valence-corrected chi connectivity index (χ2v) is 27.6. The quantitative estimate of drug-likeness (QED) is 0.154. The Morgan fingerprint density at radius 3 is 1.43 bits per heavy atom. The average Bonchev–Trinajstić information content (AvgIpc) is 3.80. The molecular weight excluding hydrogens is 918 g/mol. The Morgan fingerprint density at radius 1 is 0.368 bits per heavy atom. The van der Waals surface area contributed by atoms with Crippen LogP contribution in [0.3, 0.4) is 0 Å². The average molecular weight is 994 g/mol. The van der Waals surface area contributed by atoms with Crippen LogP contribution >= 0.6 is 0 Å². The van der Waals surface area contributed by atoms with E-state index < -0.39 is 0 Å². The molecule has 8 aromatic carbocycles. The number of hydrogen-bond acceptors (Lipinski definition) is 3. The second kappa shape index (κ2) is 16.4. The fourth-order valence-corrected chi connectivity index (χ4v) is 16.1. The summed E-state index contributed by atoms with van der Waals surface area (Å²) in [5, 5.41) is 0. The summed E-state index contributed by atoms with van der Waals surface area (Å²) in [4.78, 5) is 7.95. The van der Waals surface area contributed by atoms with Crippen molar-refractivity contribution in [3.63, 3.8) is 0 Å². The third kappa shape index (κ3) is 7.21. The maximum Gasteiger partial charge on any atom is 0.252 e. The standard InChI is InChI=1S/C72H76BN3/c1-45-36-53-55(71(11,12)43-69(53,7)8)41-60(45)76-62-42-56-54(70(9,10)44-72(56,13)14)40-58(62)73-57-32-30-48(47-24-18-15-19-25-47)37-61(57)75(59-33-31-52-65(46(59)2)68(5,6)35-34-67(52,3)4)63-38-51(39-64(76)66(63)73)74(49-26-20-16-21-27-49)50-28-22-17-23-29-50/h15-33,36-42H,34-35,43-44H2,1-14H3. The van der Waals surface area contributed by atoms with E-state index in [9.17, 15) is 0 Å². The number of nitrogens with zero attached hydrogens (tertiary/aromatic N) is 3. The minimum Gasteiger partial charge on any atom is -0.311 e. The zero-order chi connectivity index (χ0) is 53.2. The molecule has 0 atom stereocenters. The van der Waals surface area contributed by atoms with E-state index in [4.69, 9.17) is 0 Å². The Bertz CT molecular complexity index is 3650. The zero-order valence-corrected chi connectivity index (χ0v) is 47.8. The highest BCUT2D eigenvalue weighted by molar-refractivity contribution is 7.00. The van der Waals surface area contributed by atoms with Crippen LogP contribution in [0, 0.1) is 13.8 Å². The highest BCUT2D eigenvalue weighted by atomic mass is 15.2. The lowest BCUT2D eigenvalue weighted by Crippen LogP contribution is -2.61. The van der Waals surface area contributed by atoms with Crippen molar-refractivity contribution in [1.82, 2.24) is 0 Å². The smallest absolute Gasteiger partial charge is 0.252 e. The van der Waals surface area contributed by atoms with Gasteiger partial charge >= 0.3 is 0 Å². The van der Waals surface area contributed by atoms with Crippen LogP contribution in [0.5, 0.6) is 0 Å². The van der Waals surface area contributed by atoms with E-state index in [0.29, 0.717) is 0 Å². The molecule has 0 fully saturated rings. The van der Waals surface area contributed by atoms with E-state index in [1.165, 1.54) is 113 Å². The maximum absolute atomic E-state index is 2.74. The minimum absolute atomic E-state index is 0.00139. The largest absolute Gasteiger partial charge is 0.311 e. The van der Waals surface area contributed by atoms with Crippen molar-refractivity contribution in [2.45, 2.75) is 155 Å². The summed E-state index contributed by atoms with van der Waals surface area (Å²) in [6, 6.07) is 61.2. The Hall–Kier alpha value is -6.78. The fraction of sp³-hybridized carbons (Fsp3) is 0.333. The van der Waals surface area contributed by atoms with Crippen molar-refractivity contribution in [3.05, 3.63) is 202 Å². The van der Waals surface area contributed by atoms with Gasteiger partial charge in [0.25, 0.3) is 6.71 Å². The van der Waals surface area contributed by atoms with Crippen molar-refractivity contribution in [2.24, 2.45) is 0 Å². The molecule has 0 saturated carbocycles. The Morgan fingerprint density at radius 2 is 0.855 bits per heavy atom. The first-order chi connectivity index (χ1) is 36.0. The molecule has 2 aliphatic heterocycles. The Kier molecular flexibility index (Phi) is 10.5. The lowest BCUT2D eigenvalue weighted by molar-refractivity contribution is 0.330. The van der Waals surface area contributed by atoms with Crippen LogP contribution in [-0.2, 0) is 32.5 Å². The second-order valence-electron chi connectivity index (χ2n) is 27.6. The molecule has 4 heteroatoms. The number of fused-ring (bicyclic) bond motifs is 7. The minimum atomic E-state index is -0.0356. The Labute approximate surface area is 455 Å². The normalized spacial score (nSPS) is 19.0. The van der Waals surface area contributed by atoms with Crippen molar-refractivity contribution in [3.8, 4) is 11.1 Å². The SMILES string of the molecule is Cc1cc2c(cc1N1c3cc4c(cc3B3c5ccc(-c6ccccc6)cc5N(c5ccc6c(c5C)C(C)(C)CCC6(C)C)c5cc(N(c6ccccc6)c6ccccc6)cc1c53)C(C)(C)CC4(C)C)C(C)(C)CC2(C)C. The molecule has 3 nitrogen and oxygen atoms in total. The molecule has 8 aromatic rings. The van der Waals surface area contributed by atoms with E-state index >= 15 is 0 Å². The monoisotopic (exact) mass is 994 g/mol. The molecule has 0 unspecified atom stereocenters. The van der Waals surface area contributed by atoms with Crippen LogP contribution in [0.2, 0.25) is 0 Å². The zero-order valence-electron chi connectivity index (χ0n) is 47.8. The number of aryl methyl sites for hydroxylation is 1. The molecule has 2 heterocycles. The first-order valence-corrected chi connectivity index (χ1v) is 28.3. The van der Waals surface area contributed by atoms with E-state index in [0.717, 1.165) is 36.3 Å². The highest BCUT2D eigenvalue weighted by Gasteiger charge is 2.50. The molecule has 0 radical (unpaired) electrons. The van der Waals surface area contributed by atoms with Crippen LogP contribution in [0.4, 0.5) is 51.2 Å². The van der Waals surface area contributed by atoms with Gasteiger partial charge in [0, 0.05) is 45.5 Å². The summed E-state index contributed by atoms with van der Waals surface area (Å²) in [7, 11) is 0. The van der Waals surface area contributed by atoms with Crippen molar-refractivity contribution in [2.75, 3.05) is 14.7 Å². The van der Waals surface area contributed by atoms with Gasteiger partial charge in [0.15, 0.2) is 0 Å². The molecule has 76 heavy (non-hydrogen) atoms. The molecule has 0 aromatic heterocycles. The van der Waals surface area contributed by atoms with E-state index in [-0.39, 0.29) is 39.2 Å². The van der Waals surface area contributed by atoms with E-state index in [2.05, 4.69) is 269 Å². The maximum atomic E-state index is 2.74. The third-order valence-corrected chi connectivity index (χ3v) is 19.3. The van der Waals surface area contributed by atoms with Gasteiger partial charge in [0.2, 0.25) is 0 Å². The van der Waals surface area contributed by atoms with Crippen molar-refractivity contribution in [1.29, 1.82) is 0 Å². The summed E-state index contributed by atoms with van der Waals surface area (Å²) in [6.45, 7) is 34.5. The molecular formula is C72H76BN3. The molecule has 0 bridgehead atoms. The van der Waals surface area contributed by atoms with Gasteiger partial charge in [0.05, 0.1) is 5.69 Å². The molecule has 0 amide bonds. The topological polar surface area (TPSA) is 9.72 Å². The first-order valence-electron chi connectivity index (χ1n) is 28.3. The van der Waals surface area contributed by atoms with Crippen LogP contribution in [0.25, 0.3) is 11.1 Å². The summed E-state index contributed by atoms with van der Waals surface area (Å²) in [6.07, 6.45) is 4.55. The van der Waals surface area contributed by atoms with Gasteiger partial charge in [-0.2, -0.15) is 0 Å². The van der Waals surface area contributed by atoms with Gasteiger partial charge in [-0.1, -0.05) is 180 Å². The summed E-state index contributed by atoms with van der Waals surface area (Å²) < 4.78 is 0. The van der Waals surface area contributed by atoms with E-state index in [1.807, 2.05) is 0 Å². The lowest BCUT2D eigenvalue weighted by atomic mass is 9.33. The van der Waals surface area contributed by atoms with Crippen LogP contribution in [0.1, 0.15) is 153 Å². The van der Waals surface area contributed by atoms with Gasteiger partial charge in [-0.3, -0.25) is 0 Å². The first kappa shape index (κ1) is 48.8. The van der Waals surface area contributed by atoms with Gasteiger partial charge in [-0.05, 0) is 205 Å². The molecule has 382 valence electrons. The van der Waals surface area contributed by atoms with Gasteiger partial charge in [-0.15, -0.1) is 0 Å². The number of anilines is 9. The van der Waals surface area contributed by atoms with Crippen molar-refractivity contribution < 1.29 is 0 Å². The van der Waals surface area contributed by atoms with Crippen molar-refractivity contribution >= 4 is 74.3 Å². The summed E-state index contributed by atoms with van der Waals surface area (Å²) >= 11 is 0. The summed E-state index contributed by atoms with van der Waals surface area (Å²) in [5.41, 5.74) is 29.3. The van der Waals surface area contributed by atoms with Gasteiger partial charge < -0.3 is 14.7 Å².